The molecule has 0 aromatic heterocycles. The Morgan fingerprint density at radius 1 is 1.24 bits per heavy atom. The number of halogens is 2. The summed E-state index contributed by atoms with van der Waals surface area (Å²) < 4.78 is 25.9. The second-order valence-corrected chi connectivity index (χ2v) is 5.13. The van der Waals surface area contributed by atoms with Gasteiger partial charge in [0.2, 0.25) is 11.8 Å². The molecule has 2 rings (SSSR count). The van der Waals surface area contributed by atoms with E-state index in [1.165, 1.54) is 0 Å². The average molecular weight is 246 g/mol. The Morgan fingerprint density at radius 3 is 2.41 bits per heavy atom. The standard InChI is InChI=1S/C12H20F2N2O/c13-12(14)3-1-10(2-4-12)9-11(17)16-7-5-15-6-8-16/h10,15H,1-9H2. The van der Waals surface area contributed by atoms with Gasteiger partial charge in [-0.1, -0.05) is 0 Å². The molecule has 17 heavy (non-hydrogen) atoms. The molecule has 0 aromatic carbocycles. The van der Waals surface area contributed by atoms with Crippen LogP contribution < -0.4 is 5.32 Å². The van der Waals surface area contributed by atoms with Crippen molar-refractivity contribution in [2.24, 2.45) is 5.92 Å². The Morgan fingerprint density at radius 2 is 1.82 bits per heavy atom. The Balaban J connectivity index is 1.75. The van der Waals surface area contributed by atoms with Gasteiger partial charge < -0.3 is 10.2 Å². The van der Waals surface area contributed by atoms with Gasteiger partial charge in [-0.05, 0) is 18.8 Å². The van der Waals surface area contributed by atoms with E-state index in [9.17, 15) is 13.6 Å². The number of amides is 1. The fraction of sp³-hybridized carbons (Fsp3) is 0.917. The Kier molecular flexibility index (Phi) is 3.97. The van der Waals surface area contributed by atoms with E-state index in [0.29, 0.717) is 19.3 Å². The van der Waals surface area contributed by atoms with E-state index in [-0.39, 0.29) is 24.7 Å². The summed E-state index contributed by atoms with van der Waals surface area (Å²) in [5.41, 5.74) is 0. The van der Waals surface area contributed by atoms with Gasteiger partial charge in [-0.15, -0.1) is 0 Å². The van der Waals surface area contributed by atoms with Gasteiger partial charge in [0.15, 0.2) is 0 Å². The van der Waals surface area contributed by atoms with Gasteiger partial charge in [0.25, 0.3) is 0 Å². The second kappa shape index (κ2) is 5.29. The van der Waals surface area contributed by atoms with Gasteiger partial charge in [-0.2, -0.15) is 0 Å². The van der Waals surface area contributed by atoms with Crippen molar-refractivity contribution in [1.82, 2.24) is 10.2 Å². The van der Waals surface area contributed by atoms with E-state index in [2.05, 4.69) is 5.32 Å². The molecule has 1 aliphatic carbocycles. The number of carbonyl (C=O) groups excluding carboxylic acids is 1. The number of alkyl halides is 2. The van der Waals surface area contributed by atoms with Crippen LogP contribution in [0.25, 0.3) is 0 Å². The predicted octanol–water partition coefficient (Wildman–Crippen LogP) is 1.63. The molecular formula is C12H20F2N2O. The molecule has 1 heterocycles. The largest absolute Gasteiger partial charge is 0.340 e. The van der Waals surface area contributed by atoms with Gasteiger partial charge in [0, 0.05) is 45.4 Å². The van der Waals surface area contributed by atoms with Crippen molar-refractivity contribution in [3.63, 3.8) is 0 Å². The summed E-state index contributed by atoms with van der Waals surface area (Å²) in [5.74, 6) is -2.19. The number of nitrogens with one attached hydrogen (secondary N) is 1. The molecule has 98 valence electrons. The molecule has 2 fully saturated rings. The molecule has 3 nitrogen and oxygen atoms in total. The molecule has 0 radical (unpaired) electrons. The van der Waals surface area contributed by atoms with Gasteiger partial charge in [-0.25, -0.2) is 8.78 Å². The first-order valence-electron chi connectivity index (χ1n) is 6.43. The van der Waals surface area contributed by atoms with Crippen LogP contribution in [-0.2, 0) is 4.79 Å². The smallest absolute Gasteiger partial charge is 0.248 e. The minimum atomic E-state index is -2.49. The molecule has 2 aliphatic rings. The van der Waals surface area contributed by atoms with E-state index in [4.69, 9.17) is 0 Å². The molecule has 5 heteroatoms. The molecule has 1 aliphatic heterocycles. The third-order valence-corrected chi connectivity index (χ3v) is 3.77. The summed E-state index contributed by atoms with van der Waals surface area (Å²) in [6.07, 6.45) is 1.34. The number of carbonyl (C=O) groups is 1. The topological polar surface area (TPSA) is 32.3 Å². The van der Waals surface area contributed by atoms with Crippen LogP contribution in [0.4, 0.5) is 8.78 Å². The number of hydrogen-bond donors (Lipinski definition) is 1. The van der Waals surface area contributed by atoms with Gasteiger partial charge in [0.1, 0.15) is 0 Å². The van der Waals surface area contributed by atoms with Crippen molar-refractivity contribution in [1.29, 1.82) is 0 Å². The lowest BCUT2D eigenvalue weighted by molar-refractivity contribution is -0.134. The van der Waals surface area contributed by atoms with E-state index >= 15 is 0 Å². The Labute approximate surface area is 101 Å². The maximum absolute atomic E-state index is 13.0. The molecule has 0 atom stereocenters. The number of piperazine rings is 1. The van der Waals surface area contributed by atoms with Crippen LogP contribution in [0.15, 0.2) is 0 Å². The van der Waals surface area contributed by atoms with Crippen LogP contribution in [0.2, 0.25) is 0 Å². The summed E-state index contributed by atoms with van der Waals surface area (Å²) in [6.45, 7) is 3.19. The quantitative estimate of drug-likeness (QED) is 0.803. The minimum absolute atomic E-state index is 0.0491. The van der Waals surface area contributed by atoms with Gasteiger partial charge in [0.05, 0.1) is 0 Å². The van der Waals surface area contributed by atoms with Crippen LogP contribution in [0.3, 0.4) is 0 Å². The van der Waals surface area contributed by atoms with Crippen LogP contribution in [0.1, 0.15) is 32.1 Å². The molecule has 0 bridgehead atoms. The van der Waals surface area contributed by atoms with E-state index in [0.717, 1.165) is 26.2 Å². The summed E-state index contributed by atoms with van der Waals surface area (Å²) in [5, 5.41) is 3.19. The highest BCUT2D eigenvalue weighted by atomic mass is 19.3. The van der Waals surface area contributed by atoms with Crippen molar-refractivity contribution in [3.05, 3.63) is 0 Å². The summed E-state index contributed by atoms with van der Waals surface area (Å²) in [6, 6.07) is 0. The number of nitrogens with zero attached hydrogens (tertiary/aromatic N) is 1. The van der Waals surface area contributed by atoms with Crippen LogP contribution in [0.5, 0.6) is 0 Å². The first-order valence-corrected chi connectivity index (χ1v) is 6.43. The van der Waals surface area contributed by atoms with Crippen molar-refractivity contribution in [2.45, 2.75) is 38.0 Å². The van der Waals surface area contributed by atoms with Gasteiger partial charge >= 0.3 is 0 Å². The van der Waals surface area contributed by atoms with Crippen molar-refractivity contribution < 1.29 is 13.6 Å². The van der Waals surface area contributed by atoms with E-state index < -0.39 is 5.92 Å². The molecular weight excluding hydrogens is 226 g/mol. The summed E-state index contributed by atoms with van der Waals surface area (Å²) in [4.78, 5) is 13.8. The molecule has 1 amide bonds. The normalized spacial score (nSPS) is 25.9. The SMILES string of the molecule is O=C(CC1CCC(F)(F)CC1)N1CCNCC1. The fourth-order valence-corrected chi connectivity index (χ4v) is 2.59. The molecule has 1 saturated heterocycles. The fourth-order valence-electron chi connectivity index (χ4n) is 2.59. The lowest BCUT2D eigenvalue weighted by atomic mass is 9.84. The van der Waals surface area contributed by atoms with Crippen LogP contribution in [0, 0.1) is 5.92 Å². The van der Waals surface area contributed by atoms with Gasteiger partial charge in [-0.3, -0.25) is 4.79 Å². The zero-order valence-electron chi connectivity index (χ0n) is 10.1. The number of rotatable bonds is 2. The highest BCUT2D eigenvalue weighted by Gasteiger charge is 2.35. The first-order chi connectivity index (χ1) is 8.07. The first kappa shape index (κ1) is 12.7. The van der Waals surface area contributed by atoms with Crippen molar-refractivity contribution in [2.75, 3.05) is 26.2 Å². The minimum Gasteiger partial charge on any atom is -0.340 e. The van der Waals surface area contributed by atoms with Crippen molar-refractivity contribution in [3.8, 4) is 0 Å². The zero-order chi connectivity index (χ0) is 12.3. The van der Waals surface area contributed by atoms with Crippen molar-refractivity contribution >= 4 is 5.91 Å². The third-order valence-electron chi connectivity index (χ3n) is 3.77. The molecule has 1 N–H and O–H groups in total. The maximum Gasteiger partial charge on any atom is 0.248 e. The second-order valence-electron chi connectivity index (χ2n) is 5.13. The lowest BCUT2D eigenvalue weighted by Gasteiger charge is -2.31. The van der Waals surface area contributed by atoms with E-state index in [1.807, 2.05) is 4.90 Å². The molecule has 0 unspecified atom stereocenters. The van der Waals surface area contributed by atoms with Crippen LogP contribution in [-0.4, -0.2) is 42.9 Å². The summed E-state index contributed by atoms with van der Waals surface area (Å²) in [7, 11) is 0. The molecule has 0 aromatic rings. The monoisotopic (exact) mass is 246 g/mol. The highest BCUT2D eigenvalue weighted by Crippen LogP contribution is 2.37. The Hall–Kier alpha value is -0.710. The predicted molar refractivity (Wildman–Crippen MR) is 61.0 cm³/mol. The van der Waals surface area contributed by atoms with E-state index in [1.54, 1.807) is 0 Å². The Bertz CT molecular complexity index is 268. The highest BCUT2D eigenvalue weighted by molar-refractivity contribution is 5.76. The molecule has 1 saturated carbocycles. The van der Waals surface area contributed by atoms with Crippen LogP contribution >= 0.6 is 0 Å². The summed E-state index contributed by atoms with van der Waals surface area (Å²) >= 11 is 0. The zero-order valence-corrected chi connectivity index (χ0v) is 10.1. The lowest BCUT2D eigenvalue weighted by Crippen LogP contribution is -2.47. The molecule has 0 spiro atoms. The average Bonchev–Trinajstić information content (AvgIpc) is 2.33. The third kappa shape index (κ3) is 3.63. The number of hydrogen-bond acceptors (Lipinski definition) is 2. The maximum atomic E-state index is 13.0.